The minimum absolute atomic E-state index is 1.16. The zero-order chi connectivity index (χ0) is 36.7. The molecule has 0 aliphatic heterocycles. The monoisotopic (exact) mass is 710 g/mol. The van der Waals surface area contributed by atoms with Crippen LogP contribution in [0.5, 0.6) is 0 Å². The van der Waals surface area contributed by atoms with Gasteiger partial charge in [0, 0.05) is 43.7 Å². The van der Waals surface area contributed by atoms with Crippen LogP contribution in [-0.2, 0) is 0 Å². The van der Waals surface area contributed by atoms with Crippen LogP contribution in [0.15, 0.2) is 206 Å². The van der Waals surface area contributed by atoms with Gasteiger partial charge in [-0.1, -0.05) is 152 Å². The Bertz CT molecular complexity index is 3500. The maximum atomic E-state index is 2.48. The first-order chi connectivity index (χ1) is 27.8. The van der Waals surface area contributed by atoms with E-state index in [-0.39, 0.29) is 0 Å². The van der Waals surface area contributed by atoms with Gasteiger partial charge in [0.25, 0.3) is 0 Å². The molecule has 12 aromatic rings. The van der Waals surface area contributed by atoms with Gasteiger partial charge in [-0.05, 0) is 98.4 Å². The molecule has 2 heterocycles. The molecule has 0 aliphatic carbocycles. The summed E-state index contributed by atoms with van der Waals surface area (Å²) < 4.78 is 4.89. The second kappa shape index (κ2) is 12.0. The molecule has 0 bridgehead atoms. The highest BCUT2D eigenvalue weighted by Crippen LogP contribution is 2.46. The molecule has 0 atom stereocenters. The number of fused-ring (bicyclic) bond motifs is 13. The fourth-order valence-corrected chi connectivity index (χ4v) is 9.38. The Kier molecular flexibility index (Phi) is 6.66. The second-order valence-corrected chi connectivity index (χ2v) is 14.9. The number of hydrogen-bond donors (Lipinski definition) is 0. The summed E-state index contributed by atoms with van der Waals surface area (Å²) in [4.78, 5) is 0. The zero-order valence-electron chi connectivity index (χ0n) is 30.5. The van der Waals surface area contributed by atoms with Crippen LogP contribution in [-0.4, -0.2) is 9.13 Å². The second-order valence-electron chi connectivity index (χ2n) is 14.9. The van der Waals surface area contributed by atoms with Crippen molar-refractivity contribution in [2.75, 3.05) is 0 Å². The average molecular weight is 711 g/mol. The summed E-state index contributed by atoms with van der Waals surface area (Å²) >= 11 is 0. The van der Waals surface area contributed by atoms with Crippen LogP contribution in [0.25, 0.3) is 110 Å². The first kappa shape index (κ1) is 31.0. The number of rotatable bonds is 4. The highest BCUT2D eigenvalue weighted by Gasteiger charge is 2.21. The molecule has 260 valence electrons. The van der Waals surface area contributed by atoms with Crippen LogP contribution < -0.4 is 0 Å². The van der Waals surface area contributed by atoms with E-state index in [2.05, 4.69) is 215 Å². The molecule has 0 aliphatic rings. The minimum atomic E-state index is 1.16. The maximum Gasteiger partial charge on any atom is 0.0626 e. The molecule has 0 saturated heterocycles. The Labute approximate surface area is 323 Å². The Morgan fingerprint density at radius 2 is 0.786 bits per heavy atom. The zero-order valence-corrected chi connectivity index (χ0v) is 30.5. The molecular formula is C54H34N2. The van der Waals surface area contributed by atoms with Crippen molar-refractivity contribution in [1.29, 1.82) is 0 Å². The molecule has 0 N–H and O–H groups in total. The van der Waals surface area contributed by atoms with E-state index in [1.807, 2.05) is 0 Å². The summed E-state index contributed by atoms with van der Waals surface area (Å²) in [5, 5.41) is 12.7. The van der Waals surface area contributed by atoms with E-state index >= 15 is 0 Å². The highest BCUT2D eigenvalue weighted by atomic mass is 15.0. The van der Waals surface area contributed by atoms with E-state index in [1.165, 1.54) is 98.2 Å². The van der Waals surface area contributed by atoms with E-state index < -0.39 is 0 Å². The van der Waals surface area contributed by atoms with Crippen molar-refractivity contribution in [3.63, 3.8) is 0 Å². The van der Waals surface area contributed by atoms with Gasteiger partial charge in [0.1, 0.15) is 0 Å². The van der Waals surface area contributed by atoms with Gasteiger partial charge < -0.3 is 9.13 Å². The maximum absolute atomic E-state index is 2.48. The third kappa shape index (κ3) is 4.50. The van der Waals surface area contributed by atoms with Crippen molar-refractivity contribution in [3.8, 4) is 33.6 Å². The molecule has 12 rings (SSSR count). The summed E-state index contributed by atoms with van der Waals surface area (Å²) in [5.74, 6) is 0. The smallest absolute Gasteiger partial charge is 0.0626 e. The average Bonchev–Trinajstić information content (AvgIpc) is 3.80. The topological polar surface area (TPSA) is 9.86 Å². The molecule has 0 saturated carbocycles. The van der Waals surface area contributed by atoms with E-state index in [4.69, 9.17) is 0 Å². The Hall–Kier alpha value is -7.42. The fraction of sp³-hybridized carbons (Fsp3) is 0. The van der Waals surface area contributed by atoms with Crippen molar-refractivity contribution in [2.45, 2.75) is 0 Å². The normalized spacial score (nSPS) is 11.9. The first-order valence-corrected chi connectivity index (χ1v) is 19.4. The van der Waals surface area contributed by atoms with E-state index in [0.29, 0.717) is 0 Å². The third-order valence-electron chi connectivity index (χ3n) is 11.9. The summed E-state index contributed by atoms with van der Waals surface area (Å²) in [6.45, 7) is 0. The van der Waals surface area contributed by atoms with Crippen molar-refractivity contribution in [1.82, 2.24) is 9.13 Å². The first-order valence-electron chi connectivity index (χ1n) is 19.4. The molecule has 0 fully saturated rings. The summed E-state index contributed by atoms with van der Waals surface area (Å²) in [5.41, 5.74) is 12.0. The number of aromatic nitrogens is 2. The molecule has 0 radical (unpaired) electrons. The van der Waals surface area contributed by atoms with Crippen molar-refractivity contribution < 1.29 is 0 Å². The molecule has 2 aromatic heterocycles. The van der Waals surface area contributed by atoms with E-state index in [0.717, 1.165) is 11.4 Å². The quantitative estimate of drug-likeness (QED) is 0.161. The Morgan fingerprint density at radius 3 is 1.55 bits per heavy atom. The number of hydrogen-bond acceptors (Lipinski definition) is 0. The largest absolute Gasteiger partial charge is 0.309 e. The van der Waals surface area contributed by atoms with Gasteiger partial charge >= 0.3 is 0 Å². The lowest BCUT2D eigenvalue weighted by atomic mass is 9.92. The van der Waals surface area contributed by atoms with Gasteiger partial charge in [-0.25, -0.2) is 0 Å². The lowest BCUT2D eigenvalue weighted by molar-refractivity contribution is 1.18. The number of nitrogens with zero attached hydrogens (tertiary/aromatic N) is 2. The molecule has 0 spiro atoms. The van der Waals surface area contributed by atoms with Crippen LogP contribution in [0.3, 0.4) is 0 Å². The van der Waals surface area contributed by atoms with Gasteiger partial charge in [0.2, 0.25) is 0 Å². The summed E-state index contributed by atoms with van der Waals surface area (Å²) in [6, 6.07) is 75.7. The standard InChI is InChI=1S/C54H34N2/c1-3-13-35(14-4-1)36-23-28-41(29-24-36)55-49-22-12-11-20-44(49)47-33-38(26-31-50(47)55)39-27-32-51-48(34-39)53-52-42-18-8-7-15-37(42)25-30-45(52)43-19-9-10-21-46(43)54(53)56(51)40-16-5-2-6-17-40/h1-34H. The van der Waals surface area contributed by atoms with Gasteiger partial charge in [0.15, 0.2) is 0 Å². The molecule has 0 amide bonds. The molecule has 2 nitrogen and oxygen atoms in total. The van der Waals surface area contributed by atoms with Crippen LogP contribution in [0.4, 0.5) is 0 Å². The molecule has 2 heteroatoms. The van der Waals surface area contributed by atoms with Crippen LogP contribution in [0.2, 0.25) is 0 Å². The van der Waals surface area contributed by atoms with E-state index in [1.54, 1.807) is 0 Å². The summed E-state index contributed by atoms with van der Waals surface area (Å²) in [7, 11) is 0. The van der Waals surface area contributed by atoms with Crippen LogP contribution >= 0.6 is 0 Å². The fourth-order valence-electron chi connectivity index (χ4n) is 9.38. The van der Waals surface area contributed by atoms with Crippen LogP contribution in [0.1, 0.15) is 0 Å². The van der Waals surface area contributed by atoms with Crippen molar-refractivity contribution >= 4 is 75.9 Å². The van der Waals surface area contributed by atoms with Gasteiger partial charge in [0.05, 0.1) is 22.1 Å². The summed E-state index contributed by atoms with van der Waals surface area (Å²) in [6.07, 6.45) is 0. The Balaban J connectivity index is 1.12. The van der Waals surface area contributed by atoms with Gasteiger partial charge in [-0.15, -0.1) is 0 Å². The minimum Gasteiger partial charge on any atom is -0.309 e. The van der Waals surface area contributed by atoms with Crippen molar-refractivity contribution in [2.24, 2.45) is 0 Å². The highest BCUT2D eigenvalue weighted by molar-refractivity contribution is 6.37. The number of benzene rings is 10. The third-order valence-corrected chi connectivity index (χ3v) is 11.9. The van der Waals surface area contributed by atoms with Gasteiger partial charge in [-0.3, -0.25) is 0 Å². The van der Waals surface area contributed by atoms with Gasteiger partial charge in [-0.2, -0.15) is 0 Å². The molecule has 0 unspecified atom stereocenters. The predicted octanol–water partition coefficient (Wildman–Crippen LogP) is 14.7. The molecular weight excluding hydrogens is 677 g/mol. The molecule has 10 aromatic carbocycles. The Morgan fingerprint density at radius 1 is 0.250 bits per heavy atom. The predicted molar refractivity (Wildman–Crippen MR) is 239 cm³/mol. The van der Waals surface area contributed by atoms with Crippen LogP contribution in [0, 0.1) is 0 Å². The lowest BCUT2D eigenvalue weighted by Gasteiger charge is -2.13. The van der Waals surface area contributed by atoms with Crippen molar-refractivity contribution in [3.05, 3.63) is 206 Å². The SMILES string of the molecule is c1ccc(-c2ccc(-n3c4ccccc4c4cc(-c5ccc6c(c5)c5c7c8ccccc8ccc7c7ccccc7c5n6-c5ccccc5)ccc43)cc2)cc1. The lowest BCUT2D eigenvalue weighted by Crippen LogP contribution is -1.94. The molecule has 56 heavy (non-hydrogen) atoms. The number of para-hydroxylation sites is 2. The van der Waals surface area contributed by atoms with E-state index in [9.17, 15) is 0 Å².